The van der Waals surface area contributed by atoms with Crippen LogP contribution in [0.4, 0.5) is 18.9 Å². The summed E-state index contributed by atoms with van der Waals surface area (Å²) in [4.78, 5) is 0. The lowest BCUT2D eigenvalue weighted by Gasteiger charge is -2.18. The van der Waals surface area contributed by atoms with E-state index in [0.717, 1.165) is 12.1 Å². The van der Waals surface area contributed by atoms with Crippen LogP contribution in [0.3, 0.4) is 0 Å². The third-order valence-electron chi connectivity index (χ3n) is 3.07. The summed E-state index contributed by atoms with van der Waals surface area (Å²) in [5, 5.41) is 12.6. The van der Waals surface area contributed by atoms with Crippen molar-refractivity contribution in [3.63, 3.8) is 0 Å². The van der Waals surface area contributed by atoms with E-state index in [1.165, 1.54) is 13.2 Å². The molecule has 0 aliphatic rings. The molecule has 6 heteroatoms. The maximum atomic E-state index is 13.2. The highest BCUT2D eigenvalue weighted by Crippen LogP contribution is 2.31. The lowest BCUT2D eigenvalue weighted by atomic mass is 10.1. The van der Waals surface area contributed by atoms with Crippen molar-refractivity contribution in [3.8, 4) is 11.5 Å². The molecule has 0 aliphatic carbocycles. The molecule has 0 fully saturated rings. The number of hydrogen-bond acceptors (Lipinski definition) is 3. The minimum atomic E-state index is -1.52. The Hall–Kier alpha value is -2.37. The maximum Gasteiger partial charge on any atom is 0.194 e. The molecular formula is C15H14F3NO2. The third-order valence-corrected chi connectivity index (χ3v) is 3.07. The molecule has 0 heterocycles. The zero-order valence-electron chi connectivity index (χ0n) is 11.5. The lowest BCUT2D eigenvalue weighted by molar-refractivity contribution is 0.410. The predicted molar refractivity (Wildman–Crippen MR) is 73.0 cm³/mol. The molecule has 2 rings (SSSR count). The van der Waals surface area contributed by atoms with Crippen LogP contribution >= 0.6 is 0 Å². The highest BCUT2D eigenvalue weighted by Gasteiger charge is 2.15. The molecule has 0 bridgehead atoms. The van der Waals surface area contributed by atoms with Crippen molar-refractivity contribution in [2.45, 2.75) is 13.0 Å². The van der Waals surface area contributed by atoms with Crippen LogP contribution in [-0.2, 0) is 0 Å². The van der Waals surface area contributed by atoms with Gasteiger partial charge in [-0.05, 0) is 25.1 Å². The van der Waals surface area contributed by atoms with E-state index in [2.05, 4.69) is 5.32 Å². The fourth-order valence-electron chi connectivity index (χ4n) is 1.97. The molecule has 2 aromatic rings. The molecule has 2 aromatic carbocycles. The van der Waals surface area contributed by atoms with Gasteiger partial charge in [0, 0.05) is 23.4 Å². The van der Waals surface area contributed by atoms with Gasteiger partial charge in [0.25, 0.3) is 0 Å². The fourth-order valence-corrected chi connectivity index (χ4v) is 1.97. The second-order valence-electron chi connectivity index (χ2n) is 4.54. The number of benzene rings is 2. The Morgan fingerprint density at radius 2 is 1.71 bits per heavy atom. The van der Waals surface area contributed by atoms with Crippen LogP contribution in [0.1, 0.15) is 18.5 Å². The van der Waals surface area contributed by atoms with Crippen LogP contribution < -0.4 is 10.1 Å². The average molecular weight is 297 g/mol. The van der Waals surface area contributed by atoms with Gasteiger partial charge in [-0.25, -0.2) is 13.2 Å². The summed E-state index contributed by atoms with van der Waals surface area (Å²) in [7, 11) is 1.49. The van der Waals surface area contributed by atoms with Crippen LogP contribution in [0.2, 0.25) is 0 Å². The first-order valence-corrected chi connectivity index (χ1v) is 6.20. The molecule has 21 heavy (non-hydrogen) atoms. The Kier molecular flexibility index (Phi) is 4.26. The van der Waals surface area contributed by atoms with Gasteiger partial charge >= 0.3 is 0 Å². The molecule has 0 radical (unpaired) electrons. The van der Waals surface area contributed by atoms with Gasteiger partial charge in [0.05, 0.1) is 13.2 Å². The second kappa shape index (κ2) is 5.95. The van der Waals surface area contributed by atoms with Crippen LogP contribution in [0.25, 0.3) is 0 Å². The minimum Gasteiger partial charge on any atom is -0.508 e. The molecule has 1 atom stereocenters. The zero-order valence-corrected chi connectivity index (χ0v) is 11.5. The van der Waals surface area contributed by atoms with Gasteiger partial charge in [0.1, 0.15) is 11.5 Å². The fraction of sp³-hybridized carbons (Fsp3) is 0.200. The van der Waals surface area contributed by atoms with Crippen molar-refractivity contribution in [3.05, 3.63) is 53.3 Å². The normalized spacial score (nSPS) is 12.0. The quantitative estimate of drug-likeness (QED) is 0.838. The van der Waals surface area contributed by atoms with E-state index in [1.807, 2.05) is 0 Å². The molecular weight excluding hydrogens is 283 g/mol. The SMILES string of the molecule is COc1ccc(O)c(C(C)Nc2cc(F)c(F)c(F)c2)c1. The zero-order chi connectivity index (χ0) is 15.6. The number of anilines is 1. The lowest BCUT2D eigenvalue weighted by Crippen LogP contribution is -2.08. The number of methoxy groups -OCH3 is 1. The summed E-state index contributed by atoms with van der Waals surface area (Å²) >= 11 is 0. The van der Waals surface area contributed by atoms with E-state index in [9.17, 15) is 18.3 Å². The molecule has 0 aromatic heterocycles. The highest BCUT2D eigenvalue weighted by molar-refractivity contribution is 5.49. The minimum absolute atomic E-state index is 0.0128. The molecule has 0 amide bonds. The second-order valence-corrected chi connectivity index (χ2v) is 4.54. The van der Waals surface area contributed by atoms with Crippen molar-refractivity contribution >= 4 is 5.69 Å². The van der Waals surface area contributed by atoms with E-state index < -0.39 is 23.5 Å². The molecule has 0 saturated carbocycles. The Balaban J connectivity index is 2.27. The maximum absolute atomic E-state index is 13.2. The average Bonchev–Trinajstić information content (AvgIpc) is 2.45. The number of hydrogen-bond donors (Lipinski definition) is 2. The van der Waals surface area contributed by atoms with E-state index in [-0.39, 0.29) is 11.4 Å². The Labute approximate surface area is 120 Å². The Bertz CT molecular complexity index is 638. The molecule has 112 valence electrons. The third kappa shape index (κ3) is 3.21. The number of aromatic hydroxyl groups is 1. The van der Waals surface area contributed by atoms with Crippen LogP contribution in [-0.4, -0.2) is 12.2 Å². The van der Waals surface area contributed by atoms with Crippen molar-refractivity contribution in [1.29, 1.82) is 0 Å². The Morgan fingerprint density at radius 3 is 2.29 bits per heavy atom. The molecule has 0 spiro atoms. The summed E-state index contributed by atoms with van der Waals surface area (Å²) in [6.07, 6.45) is 0. The van der Waals surface area contributed by atoms with Gasteiger partial charge in [-0.15, -0.1) is 0 Å². The molecule has 2 N–H and O–H groups in total. The highest BCUT2D eigenvalue weighted by atomic mass is 19.2. The van der Waals surface area contributed by atoms with Crippen molar-refractivity contribution < 1.29 is 23.0 Å². The number of nitrogens with one attached hydrogen (secondary N) is 1. The van der Waals surface area contributed by atoms with E-state index in [4.69, 9.17) is 4.74 Å². The standard InChI is InChI=1S/C15H14F3NO2/c1-8(11-7-10(21-2)3-4-14(11)20)19-9-5-12(16)15(18)13(17)6-9/h3-8,19-20H,1-2H3. The smallest absolute Gasteiger partial charge is 0.194 e. The van der Waals surface area contributed by atoms with Crippen LogP contribution in [0, 0.1) is 17.5 Å². The van der Waals surface area contributed by atoms with Gasteiger partial charge in [-0.1, -0.05) is 0 Å². The summed E-state index contributed by atoms with van der Waals surface area (Å²) in [6, 6.07) is 5.88. The van der Waals surface area contributed by atoms with Crippen molar-refractivity contribution in [1.82, 2.24) is 0 Å². The van der Waals surface area contributed by atoms with Crippen LogP contribution in [0.5, 0.6) is 11.5 Å². The van der Waals surface area contributed by atoms with E-state index in [1.54, 1.807) is 19.1 Å². The van der Waals surface area contributed by atoms with Crippen molar-refractivity contribution in [2.24, 2.45) is 0 Å². The van der Waals surface area contributed by atoms with Gasteiger partial charge < -0.3 is 15.2 Å². The van der Waals surface area contributed by atoms with Gasteiger partial charge in [-0.2, -0.15) is 0 Å². The summed E-state index contributed by atoms with van der Waals surface area (Å²) in [5.74, 6) is -3.52. The van der Waals surface area contributed by atoms with Crippen molar-refractivity contribution in [2.75, 3.05) is 12.4 Å². The van der Waals surface area contributed by atoms with Crippen LogP contribution in [0.15, 0.2) is 30.3 Å². The number of rotatable bonds is 4. The largest absolute Gasteiger partial charge is 0.508 e. The number of ether oxygens (including phenoxy) is 1. The molecule has 1 unspecified atom stereocenters. The predicted octanol–water partition coefficient (Wildman–Crippen LogP) is 3.99. The summed E-state index contributed by atoms with van der Waals surface area (Å²) in [5.41, 5.74) is 0.556. The molecule has 0 saturated heterocycles. The molecule has 3 nitrogen and oxygen atoms in total. The number of halogens is 3. The van der Waals surface area contributed by atoms with E-state index >= 15 is 0 Å². The first-order valence-electron chi connectivity index (χ1n) is 6.20. The number of phenolic OH excluding ortho intramolecular Hbond substituents is 1. The number of phenols is 1. The van der Waals surface area contributed by atoms with Gasteiger partial charge in [0.2, 0.25) is 0 Å². The summed E-state index contributed by atoms with van der Waals surface area (Å²) in [6.45, 7) is 1.69. The molecule has 0 aliphatic heterocycles. The Morgan fingerprint density at radius 1 is 1.10 bits per heavy atom. The first-order chi connectivity index (χ1) is 9.92. The van der Waals surface area contributed by atoms with Gasteiger partial charge in [-0.3, -0.25) is 0 Å². The van der Waals surface area contributed by atoms with Gasteiger partial charge in [0.15, 0.2) is 17.5 Å². The summed E-state index contributed by atoms with van der Waals surface area (Å²) < 4.78 is 44.3. The first kappa shape index (κ1) is 15.0. The monoisotopic (exact) mass is 297 g/mol. The van der Waals surface area contributed by atoms with E-state index in [0.29, 0.717) is 11.3 Å². The topological polar surface area (TPSA) is 41.5 Å².